The van der Waals surface area contributed by atoms with Gasteiger partial charge in [0.25, 0.3) is 5.91 Å². The Kier molecular flexibility index (Phi) is 4.07. The third-order valence-electron chi connectivity index (χ3n) is 3.76. The molecule has 1 aromatic heterocycles. The Morgan fingerprint density at radius 3 is 3.11 bits per heavy atom. The molecule has 0 aromatic carbocycles. The van der Waals surface area contributed by atoms with Gasteiger partial charge in [-0.15, -0.1) is 0 Å². The van der Waals surface area contributed by atoms with Crippen molar-refractivity contribution in [2.45, 2.75) is 33.2 Å². The monoisotopic (exact) mass is 249 g/mol. The minimum Gasteiger partial charge on any atom is -0.350 e. The summed E-state index contributed by atoms with van der Waals surface area (Å²) in [5.74, 6) is 0.0358. The highest BCUT2D eigenvalue weighted by Crippen LogP contribution is 2.24. The molecule has 2 heterocycles. The van der Waals surface area contributed by atoms with Crippen LogP contribution in [0.4, 0.5) is 0 Å². The molecule has 100 valence electrons. The van der Waals surface area contributed by atoms with E-state index in [2.05, 4.69) is 17.6 Å². The number of nitrogens with zero attached hydrogens (tertiary/aromatic N) is 1. The van der Waals surface area contributed by atoms with Crippen LogP contribution >= 0.6 is 0 Å². The van der Waals surface area contributed by atoms with Crippen molar-refractivity contribution in [3.05, 3.63) is 24.0 Å². The van der Waals surface area contributed by atoms with Crippen LogP contribution in [-0.2, 0) is 6.54 Å². The Labute approximate surface area is 109 Å². The predicted molar refractivity (Wildman–Crippen MR) is 72.6 cm³/mol. The number of nitrogens with one attached hydrogen (secondary N) is 2. The summed E-state index contributed by atoms with van der Waals surface area (Å²) in [5, 5.41) is 6.47. The number of hydrogen-bond acceptors (Lipinski definition) is 2. The zero-order valence-electron chi connectivity index (χ0n) is 11.3. The van der Waals surface area contributed by atoms with Crippen LogP contribution in [0.25, 0.3) is 0 Å². The van der Waals surface area contributed by atoms with Gasteiger partial charge in [-0.05, 0) is 43.9 Å². The highest BCUT2D eigenvalue weighted by molar-refractivity contribution is 5.92. The van der Waals surface area contributed by atoms with Gasteiger partial charge in [-0.2, -0.15) is 0 Å². The third kappa shape index (κ3) is 2.93. The van der Waals surface area contributed by atoms with E-state index in [1.54, 1.807) is 0 Å². The van der Waals surface area contributed by atoms with Crippen molar-refractivity contribution in [3.8, 4) is 0 Å². The number of hydrogen-bond donors (Lipinski definition) is 2. The van der Waals surface area contributed by atoms with Crippen molar-refractivity contribution in [1.82, 2.24) is 15.2 Å². The molecular formula is C14H23N3O. The van der Waals surface area contributed by atoms with Gasteiger partial charge < -0.3 is 15.2 Å². The van der Waals surface area contributed by atoms with Gasteiger partial charge in [0.15, 0.2) is 0 Å². The van der Waals surface area contributed by atoms with Crippen molar-refractivity contribution in [3.63, 3.8) is 0 Å². The first-order valence-electron chi connectivity index (χ1n) is 6.79. The molecule has 18 heavy (non-hydrogen) atoms. The molecule has 0 bridgehead atoms. The van der Waals surface area contributed by atoms with Crippen molar-refractivity contribution in [2.75, 3.05) is 19.6 Å². The van der Waals surface area contributed by atoms with Crippen molar-refractivity contribution in [1.29, 1.82) is 0 Å². The Hall–Kier alpha value is -1.29. The normalized spacial score (nSPS) is 23.9. The van der Waals surface area contributed by atoms with Crippen LogP contribution < -0.4 is 10.6 Å². The Morgan fingerprint density at radius 2 is 2.44 bits per heavy atom. The van der Waals surface area contributed by atoms with Crippen LogP contribution in [0.2, 0.25) is 0 Å². The zero-order chi connectivity index (χ0) is 13.0. The fourth-order valence-corrected chi connectivity index (χ4v) is 2.55. The minimum atomic E-state index is 0.0358. The van der Waals surface area contributed by atoms with Gasteiger partial charge in [-0.3, -0.25) is 4.79 Å². The van der Waals surface area contributed by atoms with E-state index in [0.29, 0.717) is 0 Å². The second-order valence-electron chi connectivity index (χ2n) is 5.45. The van der Waals surface area contributed by atoms with E-state index in [1.165, 1.54) is 12.8 Å². The van der Waals surface area contributed by atoms with Gasteiger partial charge in [0, 0.05) is 25.8 Å². The Balaban J connectivity index is 1.92. The molecule has 0 aliphatic carbocycles. The molecule has 1 aliphatic heterocycles. The molecular weight excluding hydrogens is 226 g/mol. The van der Waals surface area contributed by atoms with Gasteiger partial charge in [0.05, 0.1) is 0 Å². The van der Waals surface area contributed by atoms with Crippen LogP contribution in [-0.4, -0.2) is 30.1 Å². The van der Waals surface area contributed by atoms with Crippen LogP contribution in [0.3, 0.4) is 0 Å². The molecule has 0 saturated carbocycles. The number of piperidine rings is 1. The lowest BCUT2D eigenvalue weighted by molar-refractivity contribution is 0.0915. The molecule has 1 aliphatic rings. The van der Waals surface area contributed by atoms with Crippen molar-refractivity contribution in [2.24, 2.45) is 5.41 Å². The van der Waals surface area contributed by atoms with Gasteiger partial charge in [-0.25, -0.2) is 0 Å². The van der Waals surface area contributed by atoms with Crippen LogP contribution in [0.5, 0.6) is 0 Å². The number of rotatable bonds is 4. The van der Waals surface area contributed by atoms with Crippen LogP contribution in [0, 0.1) is 5.41 Å². The molecule has 1 saturated heterocycles. The van der Waals surface area contributed by atoms with E-state index in [0.717, 1.165) is 31.9 Å². The molecule has 0 spiro atoms. The second-order valence-corrected chi connectivity index (χ2v) is 5.45. The summed E-state index contributed by atoms with van der Waals surface area (Å²) in [5.41, 5.74) is 0.947. The highest BCUT2D eigenvalue weighted by Gasteiger charge is 2.27. The fourth-order valence-electron chi connectivity index (χ4n) is 2.55. The summed E-state index contributed by atoms with van der Waals surface area (Å²) < 4.78 is 1.97. The van der Waals surface area contributed by atoms with Gasteiger partial charge in [0.2, 0.25) is 0 Å². The number of aromatic nitrogens is 1. The molecule has 1 aromatic rings. The maximum atomic E-state index is 12.1. The second kappa shape index (κ2) is 5.57. The number of aryl methyl sites for hydroxylation is 1. The lowest BCUT2D eigenvalue weighted by Gasteiger charge is -2.34. The summed E-state index contributed by atoms with van der Waals surface area (Å²) in [4.78, 5) is 12.1. The summed E-state index contributed by atoms with van der Waals surface area (Å²) in [6, 6.07) is 3.79. The van der Waals surface area contributed by atoms with Crippen molar-refractivity contribution >= 4 is 5.91 Å². The van der Waals surface area contributed by atoms with Gasteiger partial charge >= 0.3 is 0 Å². The largest absolute Gasteiger partial charge is 0.350 e. The van der Waals surface area contributed by atoms with E-state index in [9.17, 15) is 4.79 Å². The molecule has 2 rings (SSSR count). The van der Waals surface area contributed by atoms with E-state index >= 15 is 0 Å². The minimum absolute atomic E-state index is 0.0358. The quantitative estimate of drug-likeness (QED) is 0.852. The maximum Gasteiger partial charge on any atom is 0.267 e. The molecule has 4 heteroatoms. The Morgan fingerprint density at radius 1 is 1.61 bits per heavy atom. The maximum absolute atomic E-state index is 12.1. The molecule has 1 unspecified atom stereocenters. The Bertz CT molecular complexity index is 405. The predicted octanol–water partition coefficient (Wildman–Crippen LogP) is 1.63. The molecule has 4 nitrogen and oxygen atoms in total. The molecule has 0 radical (unpaired) electrons. The lowest BCUT2D eigenvalue weighted by atomic mass is 9.83. The van der Waals surface area contributed by atoms with Crippen LogP contribution in [0.15, 0.2) is 18.3 Å². The lowest BCUT2D eigenvalue weighted by Crippen LogP contribution is -2.45. The highest BCUT2D eigenvalue weighted by atomic mass is 16.1. The third-order valence-corrected chi connectivity index (χ3v) is 3.76. The first kappa shape index (κ1) is 13.1. The number of amides is 1. The SMILES string of the molecule is CCn1cccc1C(=O)NCC1(C)CCCNC1. The topological polar surface area (TPSA) is 46.1 Å². The number of carbonyl (C=O) groups is 1. The first-order chi connectivity index (χ1) is 8.64. The molecule has 1 amide bonds. The molecule has 1 atom stereocenters. The van der Waals surface area contributed by atoms with E-state index in [1.807, 2.05) is 29.8 Å². The summed E-state index contributed by atoms with van der Waals surface area (Å²) in [7, 11) is 0. The van der Waals surface area contributed by atoms with Crippen LogP contribution in [0.1, 0.15) is 37.2 Å². The summed E-state index contributed by atoms with van der Waals surface area (Å²) in [6.07, 6.45) is 4.31. The average molecular weight is 249 g/mol. The molecule has 1 fully saturated rings. The zero-order valence-corrected chi connectivity index (χ0v) is 11.3. The summed E-state index contributed by atoms with van der Waals surface area (Å²) in [6.45, 7) is 7.94. The van der Waals surface area contributed by atoms with E-state index in [-0.39, 0.29) is 11.3 Å². The first-order valence-corrected chi connectivity index (χ1v) is 6.79. The number of carbonyl (C=O) groups excluding carboxylic acids is 1. The van der Waals surface area contributed by atoms with Gasteiger partial charge in [0.1, 0.15) is 5.69 Å². The van der Waals surface area contributed by atoms with E-state index < -0.39 is 0 Å². The average Bonchev–Trinajstić information content (AvgIpc) is 2.85. The van der Waals surface area contributed by atoms with Crippen molar-refractivity contribution < 1.29 is 4.79 Å². The summed E-state index contributed by atoms with van der Waals surface area (Å²) >= 11 is 0. The fraction of sp³-hybridized carbons (Fsp3) is 0.643. The standard InChI is InChI=1S/C14H23N3O/c1-3-17-9-4-6-12(17)13(18)16-11-14(2)7-5-8-15-10-14/h4,6,9,15H,3,5,7-8,10-11H2,1-2H3,(H,16,18). The molecule has 2 N–H and O–H groups in total. The smallest absolute Gasteiger partial charge is 0.267 e. The van der Waals surface area contributed by atoms with Gasteiger partial charge in [-0.1, -0.05) is 6.92 Å². The van der Waals surface area contributed by atoms with E-state index in [4.69, 9.17) is 0 Å².